The predicted octanol–water partition coefficient (Wildman–Crippen LogP) is 1.63. The highest BCUT2D eigenvalue weighted by atomic mass is 32.2. The Morgan fingerprint density at radius 1 is 1.32 bits per heavy atom. The topological polar surface area (TPSA) is 84.9 Å². The summed E-state index contributed by atoms with van der Waals surface area (Å²) in [7, 11) is -2.13. The highest BCUT2D eigenvalue weighted by Gasteiger charge is 2.30. The lowest BCUT2D eigenvalue weighted by Gasteiger charge is -2.19. The van der Waals surface area contributed by atoms with Gasteiger partial charge in [-0.25, -0.2) is 8.42 Å². The lowest BCUT2D eigenvalue weighted by atomic mass is 10.2. The molecule has 1 aromatic rings. The van der Waals surface area contributed by atoms with Crippen LogP contribution in [0.15, 0.2) is 23.1 Å². The Morgan fingerprint density at radius 3 is 2.60 bits per heavy atom. The van der Waals surface area contributed by atoms with Crippen LogP contribution < -0.4 is 10.1 Å². The molecule has 1 N–H and O–H groups in total. The molecule has 1 heterocycles. The molecule has 1 aliphatic rings. The summed E-state index contributed by atoms with van der Waals surface area (Å²) in [5, 5.41) is 2.78. The van der Waals surface area contributed by atoms with Crippen molar-refractivity contribution in [2.45, 2.75) is 37.6 Å². The molecule has 0 aromatic heterocycles. The molecule has 140 valence electrons. The number of ether oxygens (including phenoxy) is 2. The molecule has 1 saturated heterocycles. The molecule has 1 aliphatic heterocycles. The average molecular weight is 370 g/mol. The number of carbonyl (C=O) groups excluding carboxylic acids is 1. The molecule has 0 saturated carbocycles. The molecule has 1 atom stereocenters. The fourth-order valence-corrected chi connectivity index (χ4v) is 4.47. The maximum Gasteiger partial charge on any atom is 0.251 e. The minimum Gasteiger partial charge on any atom is -0.492 e. The van der Waals surface area contributed by atoms with E-state index in [1.807, 2.05) is 6.92 Å². The van der Waals surface area contributed by atoms with E-state index < -0.39 is 10.0 Å². The van der Waals surface area contributed by atoms with Gasteiger partial charge in [0, 0.05) is 31.8 Å². The minimum atomic E-state index is -3.68. The molecule has 25 heavy (non-hydrogen) atoms. The summed E-state index contributed by atoms with van der Waals surface area (Å²) >= 11 is 0. The van der Waals surface area contributed by atoms with E-state index in [2.05, 4.69) is 5.32 Å². The van der Waals surface area contributed by atoms with Gasteiger partial charge in [-0.1, -0.05) is 0 Å². The van der Waals surface area contributed by atoms with Crippen LogP contribution in [0.2, 0.25) is 0 Å². The van der Waals surface area contributed by atoms with Gasteiger partial charge in [-0.15, -0.1) is 0 Å². The van der Waals surface area contributed by atoms with Gasteiger partial charge < -0.3 is 14.8 Å². The fourth-order valence-electron chi connectivity index (χ4n) is 2.79. The third-order valence-electron chi connectivity index (χ3n) is 3.98. The number of carbonyl (C=O) groups is 1. The monoisotopic (exact) mass is 370 g/mol. The van der Waals surface area contributed by atoms with Gasteiger partial charge in [0.1, 0.15) is 10.6 Å². The van der Waals surface area contributed by atoms with Crippen LogP contribution in [-0.4, -0.2) is 58.1 Å². The second-order valence-electron chi connectivity index (χ2n) is 6.04. The molecule has 1 aromatic carbocycles. The molecular formula is C17H26N2O5S. The number of benzene rings is 1. The Hall–Kier alpha value is -1.64. The van der Waals surface area contributed by atoms with Crippen molar-refractivity contribution in [2.24, 2.45) is 0 Å². The smallest absolute Gasteiger partial charge is 0.251 e. The molecule has 0 bridgehead atoms. The molecule has 0 aliphatic carbocycles. The highest BCUT2D eigenvalue weighted by molar-refractivity contribution is 7.89. The quantitative estimate of drug-likeness (QED) is 0.752. The molecule has 1 amide bonds. The van der Waals surface area contributed by atoms with E-state index in [0.29, 0.717) is 26.3 Å². The second kappa shape index (κ2) is 8.64. The summed E-state index contributed by atoms with van der Waals surface area (Å²) in [5.74, 6) is -0.0682. The standard InChI is InChI=1S/C17H26N2O5S/c1-4-24-15-8-7-14(17(20)18-13(2)12-23-3)11-16(15)25(21,22)19-9-5-6-10-19/h7-8,11,13H,4-6,9-10,12H2,1-3H3,(H,18,20)/t13-/m1/s1. The Morgan fingerprint density at radius 2 is 2.00 bits per heavy atom. The number of nitrogens with one attached hydrogen (secondary N) is 1. The number of sulfonamides is 1. The van der Waals surface area contributed by atoms with Crippen LogP contribution in [0.1, 0.15) is 37.0 Å². The summed E-state index contributed by atoms with van der Waals surface area (Å²) in [6.07, 6.45) is 1.69. The van der Waals surface area contributed by atoms with Gasteiger partial charge in [0.2, 0.25) is 10.0 Å². The van der Waals surface area contributed by atoms with Crippen molar-refractivity contribution in [3.63, 3.8) is 0 Å². The first kappa shape index (κ1) is 19.7. The summed E-state index contributed by atoms with van der Waals surface area (Å²) in [6, 6.07) is 4.33. The van der Waals surface area contributed by atoms with Gasteiger partial charge in [0.05, 0.1) is 13.2 Å². The van der Waals surface area contributed by atoms with E-state index in [1.54, 1.807) is 26.2 Å². The Labute approximate surface area is 149 Å². The van der Waals surface area contributed by atoms with E-state index in [1.165, 1.54) is 10.4 Å². The zero-order valence-electron chi connectivity index (χ0n) is 14.9. The van der Waals surface area contributed by atoms with Crippen molar-refractivity contribution in [3.8, 4) is 5.75 Å². The van der Waals surface area contributed by atoms with Gasteiger partial charge in [-0.3, -0.25) is 4.79 Å². The van der Waals surface area contributed by atoms with E-state index >= 15 is 0 Å². The van der Waals surface area contributed by atoms with Crippen molar-refractivity contribution >= 4 is 15.9 Å². The first-order chi connectivity index (χ1) is 11.9. The van der Waals surface area contributed by atoms with Gasteiger partial charge in [0.15, 0.2) is 0 Å². The van der Waals surface area contributed by atoms with Crippen molar-refractivity contribution in [1.82, 2.24) is 9.62 Å². The zero-order valence-corrected chi connectivity index (χ0v) is 15.8. The third kappa shape index (κ3) is 4.71. The second-order valence-corrected chi connectivity index (χ2v) is 7.94. The Bertz CT molecular complexity index is 699. The number of amides is 1. The summed E-state index contributed by atoms with van der Waals surface area (Å²) < 4.78 is 37.8. The van der Waals surface area contributed by atoms with Crippen molar-refractivity contribution in [3.05, 3.63) is 23.8 Å². The summed E-state index contributed by atoms with van der Waals surface area (Å²) in [6.45, 7) is 5.32. The van der Waals surface area contributed by atoms with Gasteiger partial charge in [-0.2, -0.15) is 4.31 Å². The summed E-state index contributed by atoms with van der Waals surface area (Å²) in [5.41, 5.74) is 0.282. The van der Waals surface area contributed by atoms with Crippen LogP contribution in [-0.2, 0) is 14.8 Å². The van der Waals surface area contributed by atoms with E-state index in [-0.39, 0.29) is 28.2 Å². The molecule has 2 rings (SSSR count). The minimum absolute atomic E-state index is 0.0447. The van der Waals surface area contributed by atoms with Gasteiger partial charge in [0.25, 0.3) is 5.91 Å². The maximum absolute atomic E-state index is 12.9. The number of methoxy groups -OCH3 is 1. The van der Waals surface area contributed by atoms with Crippen LogP contribution >= 0.6 is 0 Å². The first-order valence-corrected chi connectivity index (χ1v) is 9.91. The normalized spacial score (nSPS) is 16.6. The number of hydrogen-bond donors (Lipinski definition) is 1. The first-order valence-electron chi connectivity index (χ1n) is 8.47. The van der Waals surface area contributed by atoms with Crippen LogP contribution in [0.5, 0.6) is 5.75 Å². The predicted molar refractivity (Wildman–Crippen MR) is 94.4 cm³/mol. The van der Waals surface area contributed by atoms with Crippen LogP contribution in [0.4, 0.5) is 0 Å². The number of hydrogen-bond acceptors (Lipinski definition) is 5. The molecular weight excluding hydrogens is 344 g/mol. The molecule has 1 fully saturated rings. The lowest BCUT2D eigenvalue weighted by molar-refractivity contribution is 0.0905. The molecule has 0 unspecified atom stereocenters. The molecule has 0 radical (unpaired) electrons. The Kier molecular flexibility index (Phi) is 6.80. The van der Waals surface area contributed by atoms with E-state index in [9.17, 15) is 13.2 Å². The zero-order chi connectivity index (χ0) is 18.4. The van der Waals surface area contributed by atoms with Crippen molar-refractivity contribution in [1.29, 1.82) is 0 Å². The number of rotatable bonds is 8. The third-order valence-corrected chi connectivity index (χ3v) is 5.90. The summed E-state index contributed by atoms with van der Waals surface area (Å²) in [4.78, 5) is 12.4. The van der Waals surface area contributed by atoms with Crippen molar-refractivity contribution in [2.75, 3.05) is 33.4 Å². The van der Waals surface area contributed by atoms with E-state index in [4.69, 9.17) is 9.47 Å². The van der Waals surface area contributed by atoms with Crippen LogP contribution in [0, 0.1) is 0 Å². The molecule has 0 spiro atoms. The van der Waals surface area contributed by atoms with E-state index in [0.717, 1.165) is 12.8 Å². The van der Waals surface area contributed by atoms with Gasteiger partial charge in [-0.05, 0) is 44.9 Å². The molecule has 8 heteroatoms. The van der Waals surface area contributed by atoms with Crippen LogP contribution in [0.25, 0.3) is 0 Å². The average Bonchev–Trinajstić information content (AvgIpc) is 3.10. The maximum atomic E-state index is 12.9. The number of nitrogens with zero attached hydrogens (tertiary/aromatic N) is 1. The Balaban J connectivity index is 2.34. The molecule has 7 nitrogen and oxygen atoms in total. The van der Waals surface area contributed by atoms with Crippen LogP contribution in [0.3, 0.4) is 0 Å². The fraction of sp³-hybridized carbons (Fsp3) is 0.588. The van der Waals surface area contributed by atoms with Gasteiger partial charge >= 0.3 is 0 Å². The van der Waals surface area contributed by atoms with Crippen molar-refractivity contribution < 1.29 is 22.7 Å². The lowest BCUT2D eigenvalue weighted by Crippen LogP contribution is -2.35. The highest BCUT2D eigenvalue weighted by Crippen LogP contribution is 2.30. The SMILES string of the molecule is CCOc1ccc(C(=O)N[C@H](C)COC)cc1S(=O)(=O)N1CCCC1. The largest absolute Gasteiger partial charge is 0.492 e.